The van der Waals surface area contributed by atoms with Crippen molar-refractivity contribution in [3.63, 3.8) is 0 Å². The Morgan fingerprint density at radius 1 is 1.40 bits per heavy atom. The molecular formula is C13H14FN3O3. The van der Waals surface area contributed by atoms with Gasteiger partial charge in [0.1, 0.15) is 18.9 Å². The molecule has 0 aliphatic carbocycles. The van der Waals surface area contributed by atoms with Gasteiger partial charge < -0.3 is 10.2 Å². The number of nitrogens with one attached hydrogen (secondary N) is 1. The smallest absolute Gasteiger partial charge is 0.327 e. The fourth-order valence-electron chi connectivity index (χ4n) is 1.87. The number of amides is 4. The molecule has 1 aromatic carbocycles. The molecule has 0 radical (unpaired) electrons. The fraction of sp³-hybridized carbons (Fsp3) is 0.308. The second-order valence-corrected chi connectivity index (χ2v) is 4.53. The zero-order chi connectivity index (χ0) is 14.7. The first-order valence-corrected chi connectivity index (χ1v) is 6.04. The van der Waals surface area contributed by atoms with E-state index in [1.54, 1.807) is 12.1 Å². The number of imide groups is 1. The molecule has 1 fully saturated rings. The predicted molar refractivity (Wildman–Crippen MR) is 68.0 cm³/mol. The number of urea groups is 1. The normalized spacial score (nSPS) is 14.9. The third-order valence-corrected chi connectivity index (χ3v) is 2.91. The van der Waals surface area contributed by atoms with E-state index in [-0.39, 0.29) is 25.5 Å². The Balaban J connectivity index is 1.87. The lowest BCUT2D eigenvalue weighted by atomic mass is 10.2. The van der Waals surface area contributed by atoms with Gasteiger partial charge in [-0.3, -0.25) is 14.5 Å². The molecule has 1 saturated heterocycles. The van der Waals surface area contributed by atoms with Crippen LogP contribution in [0.2, 0.25) is 0 Å². The van der Waals surface area contributed by atoms with E-state index >= 15 is 0 Å². The molecule has 0 atom stereocenters. The van der Waals surface area contributed by atoms with Gasteiger partial charge in [-0.15, -0.1) is 0 Å². The van der Waals surface area contributed by atoms with Crippen molar-refractivity contribution in [3.8, 4) is 0 Å². The van der Waals surface area contributed by atoms with E-state index < -0.39 is 17.8 Å². The summed E-state index contributed by atoms with van der Waals surface area (Å²) < 4.78 is 12.9. The van der Waals surface area contributed by atoms with Crippen LogP contribution in [0.5, 0.6) is 0 Å². The molecule has 0 spiro atoms. The van der Waals surface area contributed by atoms with Crippen molar-refractivity contribution in [2.75, 3.05) is 20.1 Å². The molecule has 0 aromatic heterocycles. The molecule has 106 valence electrons. The van der Waals surface area contributed by atoms with Crippen molar-refractivity contribution in [2.24, 2.45) is 0 Å². The lowest BCUT2D eigenvalue weighted by molar-refractivity contribution is -0.130. The summed E-state index contributed by atoms with van der Waals surface area (Å²) in [5.74, 6) is -1.26. The average Bonchev–Trinajstić information content (AvgIpc) is 2.63. The topological polar surface area (TPSA) is 69.7 Å². The predicted octanol–water partition coefficient (Wildman–Crippen LogP) is 0.336. The SMILES string of the molecule is CN1CC(=O)N(CC(=O)NCc2cccc(F)c2)C1=O. The number of benzene rings is 1. The Labute approximate surface area is 115 Å². The Morgan fingerprint density at radius 3 is 2.75 bits per heavy atom. The van der Waals surface area contributed by atoms with E-state index in [2.05, 4.69) is 5.32 Å². The molecule has 1 aliphatic heterocycles. The first-order valence-electron chi connectivity index (χ1n) is 6.04. The van der Waals surface area contributed by atoms with Crippen molar-refractivity contribution in [3.05, 3.63) is 35.6 Å². The fourth-order valence-corrected chi connectivity index (χ4v) is 1.87. The Kier molecular flexibility index (Phi) is 3.97. The van der Waals surface area contributed by atoms with Gasteiger partial charge in [-0.2, -0.15) is 0 Å². The highest BCUT2D eigenvalue weighted by Gasteiger charge is 2.34. The third kappa shape index (κ3) is 3.11. The highest BCUT2D eigenvalue weighted by molar-refractivity contribution is 6.04. The lowest BCUT2D eigenvalue weighted by Crippen LogP contribution is -2.40. The van der Waals surface area contributed by atoms with Crippen molar-refractivity contribution in [1.82, 2.24) is 15.1 Å². The summed E-state index contributed by atoms with van der Waals surface area (Å²) in [6, 6.07) is 5.34. The molecule has 0 saturated carbocycles. The standard InChI is InChI=1S/C13H14FN3O3/c1-16-8-12(19)17(13(16)20)7-11(18)15-6-9-3-2-4-10(14)5-9/h2-5H,6-8H2,1H3,(H,15,18). The number of rotatable bonds is 4. The van der Waals surface area contributed by atoms with Crippen LogP contribution in [0.25, 0.3) is 0 Å². The highest BCUT2D eigenvalue weighted by atomic mass is 19.1. The summed E-state index contributed by atoms with van der Waals surface area (Å²) in [6.45, 7) is -0.198. The van der Waals surface area contributed by atoms with Crippen molar-refractivity contribution >= 4 is 17.8 Å². The summed E-state index contributed by atoms with van der Waals surface area (Å²) in [5.41, 5.74) is 0.606. The van der Waals surface area contributed by atoms with Gasteiger partial charge >= 0.3 is 6.03 Å². The van der Waals surface area contributed by atoms with E-state index in [0.717, 1.165) is 4.90 Å². The van der Waals surface area contributed by atoms with E-state index in [1.165, 1.54) is 24.1 Å². The van der Waals surface area contributed by atoms with Gasteiger partial charge in [-0.05, 0) is 17.7 Å². The van der Waals surface area contributed by atoms with E-state index in [1.807, 2.05) is 0 Å². The summed E-state index contributed by atoms with van der Waals surface area (Å²) in [5, 5.41) is 2.54. The van der Waals surface area contributed by atoms with Gasteiger partial charge in [-0.25, -0.2) is 9.18 Å². The van der Waals surface area contributed by atoms with E-state index in [9.17, 15) is 18.8 Å². The van der Waals surface area contributed by atoms with Gasteiger partial charge in [-0.1, -0.05) is 12.1 Å². The number of nitrogens with zero attached hydrogens (tertiary/aromatic N) is 2. The average molecular weight is 279 g/mol. The second-order valence-electron chi connectivity index (χ2n) is 4.53. The number of likely N-dealkylation sites (N-methyl/N-ethyl adjacent to an activating group) is 1. The summed E-state index contributed by atoms with van der Waals surface area (Å²) in [7, 11) is 1.49. The molecule has 4 amide bonds. The number of hydrogen-bond donors (Lipinski definition) is 1. The molecule has 2 rings (SSSR count). The molecule has 0 unspecified atom stereocenters. The van der Waals surface area contributed by atoms with E-state index in [4.69, 9.17) is 0 Å². The van der Waals surface area contributed by atoms with Crippen LogP contribution in [0.15, 0.2) is 24.3 Å². The molecule has 1 N–H and O–H groups in total. The summed E-state index contributed by atoms with van der Waals surface area (Å²) in [6.07, 6.45) is 0. The van der Waals surface area contributed by atoms with Gasteiger partial charge in [0.2, 0.25) is 5.91 Å². The second kappa shape index (κ2) is 5.68. The first kappa shape index (κ1) is 14.0. The van der Waals surface area contributed by atoms with Crippen LogP contribution >= 0.6 is 0 Å². The summed E-state index contributed by atoms with van der Waals surface area (Å²) >= 11 is 0. The zero-order valence-electron chi connectivity index (χ0n) is 10.9. The Morgan fingerprint density at radius 2 is 2.15 bits per heavy atom. The van der Waals surface area contributed by atoms with Gasteiger partial charge in [0.05, 0.1) is 0 Å². The molecular weight excluding hydrogens is 265 g/mol. The number of carbonyl (C=O) groups excluding carboxylic acids is 3. The number of hydrogen-bond acceptors (Lipinski definition) is 3. The van der Waals surface area contributed by atoms with Crippen LogP contribution in [0.3, 0.4) is 0 Å². The largest absolute Gasteiger partial charge is 0.350 e. The maximum absolute atomic E-state index is 12.9. The molecule has 6 nitrogen and oxygen atoms in total. The molecule has 0 bridgehead atoms. The maximum Gasteiger partial charge on any atom is 0.327 e. The Bertz CT molecular complexity index is 562. The third-order valence-electron chi connectivity index (χ3n) is 2.91. The van der Waals surface area contributed by atoms with Gasteiger partial charge in [0, 0.05) is 13.6 Å². The van der Waals surface area contributed by atoms with Crippen LogP contribution in [-0.4, -0.2) is 47.8 Å². The van der Waals surface area contributed by atoms with Gasteiger partial charge in [0.15, 0.2) is 0 Å². The zero-order valence-corrected chi connectivity index (χ0v) is 10.9. The maximum atomic E-state index is 12.9. The molecule has 1 aromatic rings. The molecule has 20 heavy (non-hydrogen) atoms. The van der Waals surface area contributed by atoms with Crippen LogP contribution in [0.4, 0.5) is 9.18 Å². The Hall–Kier alpha value is -2.44. The van der Waals surface area contributed by atoms with Crippen molar-refractivity contribution in [1.29, 1.82) is 0 Å². The van der Waals surface area contributed by atoms with Crippen molar-refractivity contribution < 1.29 is 18.8 Å². The van der Waals surface area contributed by atoms with Crippen LogP contribution in [0.1, 0.15) is 5.56 Å². The minimum Gasteiger partial charge on any atom is -0.350 e. The summed E-state index contributed by atoms with van der Waals surface area (Å²) in [4.78, 5) is 36.9. The quantitative estimate of drug-likeness (QED) is 0.808. The lowest BCUT2D eigenvalue weighted by Gasteiger charge is -2.13. The molecule has 1 aliphatic rings. The minimum atomic E-state index is -0.490. The number of carbonyl (C=O) groups is 3. The molecule has 7 heteroatoms. The van der Waals surface area contributed by atoms with Crippen LogP contribution in [0, 0.1) is 5.82 Å². The minimum absolute atomic E-state index is 0.0178. The monoisotopic (exact) mass is 279 g/mol. The van der Waals surface area contributed by atoms with Crippen LogP contribution < -0.4 is 5.32 Å². The van der Waals surface area contributed by atoms with Crippen LogP contribution in [-0.2, 0) is 16.1 Å². The van der Waals surface area contributed by atoms with Crippen molar-refractivity contribution in [2.45, 2.75) is 6.54 Å². The van der Waals surface area contributed by atoms with E-state index in [0.29, 0.717) is 5.56 Å². The first-order chi connectivity index (χ1) is 9.47. The number of halogens is 1. The molecule has 1 heterocycles. The highest BCUT2D eigenvalue weighted by Crippen LogP contribution is 2.07. The van der Waals surface area contributed by atoms with Gasteiger partial charge in [0.25, 0.3) is 5.91 Å².